The highest BCUT2D eigenvalue weighted by atomic mass is 32.1. The van der Waals surface area contributed by atoms with Crippen molar-refractivity contribution in [3.05, 3.63) is 16.1 Å². The lowest BCUT2D eigenvalue weighted by Gasteiger charge is -2.02. The van der Waals surface area contributed by atoms with E-state index in [1.165, 1.54) is 0 Å². The first-order valence-electron chi connectivity index (χ1n) is 4.04. The Labute approximate surface area is 81.4 Å². The number of hydrogen-bond acceptors (Lipinski definition) is 4. The summed E-state index contributed by atoms with van der Waals surface area (Å²) in [5, 5.41) is 5.58. The van der Waals surface area contributed by atoms with Crippen molar-refractivity contribution in [2.24, 2.45) is 0 Å². The van der Waals surface area contributed by atoms with Crippen molar-refractivity contribution in [2.45, 2.75) is 13.5 Å². The van der Waals surface area contributed by atoms with Crippen molar-refractivity contribution in [2.75, 3.05) is 13.6 Å². The molecule has 0 bridgehead atoms. The summed E-state index contributed by atoms with van der Waals surface area (Å²) in [5.74, 6) is 0.00954. The van der Waals surface area contributed by atoms with E-state index in [1.807, 2.05) is 6.92 Å². The molecular weight excluding hydrogens is 186 g/mol. The monoisotopic (exact) mass is 199 g/mol. The fourth-order valence-corrected chi connectivity index (χ4v) is 1.61. The van der Waals surface area contributed by atoms with Gasteiger partial charge in [-0.25, -0.2) is 4.98 Å². The third-order valence-corrected chi connectivity index (χ3v) is 2.56. The second-order valence-corrected chi connectivity index (χ2v) is 3.61. The number of aryl methyl sites for hydroxylation is 1. The molecule has 5 heteroatoms. The van der Waals surface area contributed by atoms with Crippen molar-refractivity contribution in [1.29, 1.82) is 0 Å². The van der Waals surface area contributed by atoms with E-state index in [-0.39, 0.29) is 5.91 Å². The van der Waals surface area contributed by atoms with Crippen LogP contribution in [0.1, 0.15) is 10.6 Å². The first-order valence-corrected chi connectivity index (χ1v) is 4.92. The van der Waals surface area contributed by atoms with E-state index in [1.54, 1.807) is 23.9 Å². The predicted molar refractivity (Wildman–Crippen MR) is 52.6 cm³/mol. The lowest BCUT2D eigenvalue weighted by atomic mass is 10.4. The lowest BCUT2D eigenvalue weighted by molar-refractivity contribution is -0.120. The van der Waals surface area contributed by atoms with Gasteiger partial charge in [0, 0.05) is 4.88 Å². The Morgan fingerprint density at radius 2 is 2.46 bits per heavy atom. The lowest BCUT2D eigenvalue weighted by Crippen LogP contribution is -2.31. The molecule has 1 aromatic rings. The van der Waals surface area contributed by atoms with Crippen LogP contribution in [0.2, 0.25) is 0 Å². The highest BCUT2D eigenvalue weighted by Crippen LogP contribution is 2.10. The summed E-state index contributed by atoms with van der Waals surface area (Å²) in [7, 11) is 1.75. The van der Waals surface area contributed by atoms with E-state index in [4.69, 9.17) is 0 Å². The molecule has 0 aliphatic carbocycles. The van der Waals surface area contributed by atoms with Crippen molar-refractivity contribution in [1.82, 2.24) is 15.6 Å². The highest BCUT2D eigenvalue weighted by Gasteiger charge is 2.03. The molecule has 2 N–H and O–H groups in total. The van der Waals surface area contributed by atoms with Gasteiger partial charge < -0.3 is 10.6 Å². The molecule has 13 heavy (non-hydrogen) atoms. The van der Waals surface area contributed by atoms with Gasteiger partial charge in [0.2, 0.25) is 5.91 Å². The molecule has 0 aliphatic heterocycles. The number of carbonyl (C=O) groups excluding carboxylic acids is 1. The number of thiazole rings is 1. The quantitative estimate of drug-likeness (QED) is 0.732. The summed E-state index contributed by atoms with van der Waals surface area (Å²) in [6, 6.07) is 0. The Kier molecular flexibility index (Phi) is 3.85. The largest absolute Gasteiger partial charge is 0.350 e. The average Bonchev–Trinajstić information content (AvgIpc) is 2.48. The molecular formula is C8H13N3OS. The summed E-state index contributed by atoms with van der Waals surface area (Å²) in [6.45, 7) is 2.88. The predicted octanol–water partition coefficient (Wildman–Crippen LogP) is 0.287. The molecule has 0 atom stereocenters. The maximum Gasteiger partial charge on any atom is 0.234 e. The Hall–Kier alpha value is -0.940. The third kappa shape index (κ3) is 3.12. The van der Waals surface area contributed by atoms with E-state index < -0.39 is 0 Å². The van der Waals surface area contributed by atoms with E-state index in [9.17, 15) is 4.79 Å². The summed E-state index contributed by atoms with van der Waals surface area (Å²) in [4.78, 5) is 16.3. The molecule has 1 rings (SSSR count). The van der Waals surface area contributed by atoms with Gasteiger partial charge in [-0.3, -0.25) is 4.79 Å². The smallest absolute Gasteiger partial charge is 0.234 e. The summed E-state index contributed by atoms with van der Waals surface area (Å²) >= 11 is 1.56. The number of carbonyl (C=O) groups is 1. The number of hydrogen-bond donors (Lipinski definition) is 2. The number of amides is 1. The fraction of sp³-hybridized carbons (Fsp3) is 0.500. The second-order valence-electron chi connectivity index (χ2n) is 2.67. The summed E-state index contributed by atoms with van der Waals surface area (Å²) in [5.41, 5.74) is 2.78. The van der Waals surface area contributed by atoms with Crippen molar-refractivity contribution < 1.29 is 4.79 Å². The molecule has 1 amide bonds. The molecule has 1 heterocycles. The van der Waals surface area contributed by atoms with E-state index >= 15 is 0 Å². The first-order chi connectivity index (χ1) is 6.24. The normalized spacial score (nSPS) is 10.0. The summed E-state index contributed by atoms with van der Waals surface area (Å²) in [6.07, 6.45) is 0. The number of aromatic nitrogens is 1. The maximum absolute atomic E-state index is 11.1. The molecule has 0 saturated carbocycles. The van der Waals surface area contributed by atoms with Gasteiger partial charge in [0.1, 0.15) is 0 Å². The molecule has 0 saturated heterocycles. The molecule has 0 aliphatic rings. The van der Waals surface area contributed by atoms with Crippen molar-refractivity contribution in [3.63, 3.8) is 0 Å². The van der Waals surface area contributed by atoms with Crippen LogP contribution >= 0.6 is 11.3 Å². The van der Waals surface area contributed by atoms with Crippen LogP contribution in [0, 0.1) is 6.92 Å². The Morgan fingerprint density at radius 3 is 3.00 bits per heavy atom. The highest BCUT2D eigenvalue weighted by molar-refractivity contribution is 7.09. The van der Waals surface area contributed by atoms with Gasteiger partial charge in [0.05, 0.1) is 24.3 Å². The molecule has 0 fully saturated rings. The third-order valence-electron chi connectivity index (χ3n) is 1.63. The van der Waals surface area contributed by atoms with Crippen LogP contribution in [0.15, 0.2) is 5.51 Å². The number of rotatable bonds is 4. The zero-order valence-electron chi connectivity index (χ0n) is 7.76. The van der Waals surface area contributed by atoms with Crippen molar-refractivity contribution >= 4 is 17.2 Å². The van der Waals surface area contributed by atoms with E-state index in [0.29, 0.717) is 13.1 Å². The zero-order valence-corrected chi connectivity index (χ0v) is 8.57. The minimum atomic E-state index is 0.00954. The average molecular weight is 199 g/mol. The topological polar surface area (TPSA) is 54.0 Å². The van der Waals surface area contributed by atoms with Gasteiger partial charge >= 0.3 is 0 Å². The van der Waals surface area contributed by atoms with Gasteiger partial charge in [-0.2, -0.15) is 0 Å². The standard InChI is InChI=1S/C8H13N3OS/c1-6-7(13-5-11-6)3-10-8(12)4-9-2/h5,9H,3-4H2,1-2H3,(H,10,12). The minimum Gasteiger partial charge on any atom is -0.350 e. The molecule has 0 spiro atoms. The van der Waals surface area contributed by atoms with Crippen LogP contribution in [-0.4, -0.2) is 24.5 Å². The maximum atomic E-state index is 11.1. The van der Waals surface area contributed by atoms with E-state index in [0.717, 1.165) is 10.6 Å². The number of nitrogens with one attached hydrogen (secondary N) is 2. The van der Waals surface area contributed by atoms with Gasteiger partial charge in [-0.15, -0.1) is 11.3 Å². The molecule has 0 radical (unpaired) electrons. The Morgan fingerprint density at radius 1 is 1.69 bits per heavy atom. The minimum absolute atomic E-state index is 0.00954. The SMILES string of the molecule is CNCC(=O)NCc1scnc1C. The Balaban J connectivity index is 2.35. The molecule has 0 unspecified atom stereocenters. The fourth-order valence-electron chi connectivity index (χ4n) is 0.898. The molecule has 0 aromatic carbocycles. The number of likely N-dealkylation sites (N-methyl/N-ethyl adjacent to an activating group) is 1. The Bertz CT molecular complexity index is 285. The van der Waals surface area contributed by atoms with Crippen LogP contribution in [0.3, 0.4) is 0 Å². The van der Waals surface area contributed by atoms with E-state index in [2.05, 4.69) is 15.6 Å². The molecule has 72 valence electrons. The van der Waals surface area contributed by atoms with Crippen LogP contribution in [0.5, 0.6) is 0 Å². The zero-order chi connectivity index (χ0) is 9.68. The van der Waals surface area contributed by atoms with Crippen LogP contribution in [0.4, 0.5) is 0 Å². The van der Waals surface area contributed by atoms with Crippen LogP contribution in [-0.2, 0) is 11.3 Å². The van der Waals surface area contributed by atoms with Gasteiger partial charge in [-0.1, -0.05) is 0 Å². The molecule has 4 nitrogen and oxygen atoms in total. The number of nitrogens with zero attached hydrogens (tertiary/aromatic N) is 1. The first kappa shape index (κ1) is 10.1. The van der Waals surface area contributed by atoms with Gasteiger partial charge in [-0.05, 0) is 14.0 Å². The van der Waals surface area contributed by atoms with Crippen molar-refractivity contribution in [3.8, 4) is 0 Å². The van der Waals surface area contributed by atoms with Gasteiger partial charge in [0.25, 0.3) is 0 Å². The van der Waals surface area contributed by atoms with Gasteiger partial charge in [0.15, 0.2) is 0 Å². The second kappa shape index (κ2) is 4.94. The van der Waals surface area contributed by atoms with Crippen LogP contribution < -0.4 is 10.6 Å². The molecule has 1 aromatic heterocycles. The van der Waals surface area contributed by atoms with Crippen LogP contribution in [0.25, 0.3) is 0 Å². The summed E-state index contributed by atoms with van der Waals surface area (Å²) < 4.78 is 0.